The van der Waals surface area contributed by atoms with Gasteiger partial charge in [0.15, 0.2) is 0 Å². The molecule has 3 heterocycles. The van der Waals surface area contributed by atoms with Gasteiger partial charge in [-0.3, -0.25) is 24.6 Å². The maximum absolute atomic E-state index is 14.0. The largest absolute Gasteiger partial charge is 0.508 e. The van der Waals surface area contributed by atoms with Crippen LogP contribution in [0.4, 0.5) is 5.69 Å². The van der Waals surface area contributed by atoms with Crippen LogP contribution in [0.3, 0.4) is 0 Å². The fourth-order valence-corrected chi connectivity index (χ4v) is 6.30. The van der Waals surface area contributed by atoms with E-state index in [1.54, 1.807) is 12.1 Å². The summed E-state index contributed by atoms with van der Waals surface area (Å²) in [5.74, 6) is -2.15. The van der Waals surface area contributed by atoms with Crippen molar-refractivity contribution < 1.29 is 19.5 Å². The van der Waals surface area contributed by atoms with E-state index in [4.69, 9.17) is 0 Å². The summed E-state index contributed by atoms with van der Waals surface area (Å²) in [4.78, 5) is 42.9. The number of aromatic hydroxyl groups is 1. The van der Waals surface area contributed by atoms with Crippen LogP contribution in [0.1, 0.15) is 29.2 Å². The molecule has 2 saturated heterocycles. The Morgan fingerprint density at radius 2 is 1.62 bits per heavy atom. The predicted molar refractivity (Wildman–Crippen MR) is 139 cm³/mol. The van der Waals surface area contributed by atoms with Crippen LogP contribution in [0.5, 0.6) is 5.75 Å². The van der Waals surface area contributed by atoms with Crippen LogP contribution >= 0.6 is 0 Å². The van der Waals surface area contributed by atoms with Crippen LogP contribution in [0.15, 0.2) is 72.8 Å². The number of carbonyl (C=O) groups is 3. The van der Waals surface area contributed by atoms with Gasteiger partial charge in [0.1, 0.15) is 11.3 Å². The van der Waals surface area contributed by atoms with Gasteiger partial charge in [0.05, 0.1) is 11.8 Å². The maximum atomic E-state index is 14.0. The Kier molecular flexibility index (Phi) is 5.60. The number of fused-ring (bicyclic) bond motifs is 4. The quantitative estimate of drug-likeness (QED) is 0.457. The van der Waals surface area contributed by atoms with E-state index in [-0.39, 0.29) is 30.0 Å². The second-order valence-electron chi connectivity index (χ2n) is 10.2. The second-order valence-corrected chi connectivity index (χ2v) is 10.2. The van der Waals surface area contributed by atoms with Gasteiger partial charge in [0.25, 0.3) is 0 Å². The van der Waals surface area contributed by atoms with E-state index in [2.05, 4.69) is 10.6 Å². The van der Waals surface area contributed by atoms with Gasteiger partial charge in [-0.05, 0) is 54.2 Å². The van der Waals surface area contributed by atoms with Crippen LogP contribution in [0, 0.1) is 11.8 Å². The Morgan fingerprint density at radius 1 is 0.892 bits per heavy atom. The summed E-state index contributed by atoms with van der Waals surface area (Å²) in [6.45, 7) is 2.33. The number of phenolic OH excluding ortho intramolecular Hbond substituents is 1. The number of phenols is 1. The van der Waals surface area contributed by atoms with Gasteiger partial charge in [-0.15, -0.1) is 0 Å². The first-order valence-electron chi connectivity index (χ1n) is 12.8. The Labute approximate surface area is 215 Å². The molecule has 3 aliphatic heterocycles. The standard InChI is InChI=1S/C30H29N3O4/c1-2-18-10-13-23-22(16-18)30(29(37)31-23)26-25(24(32-30)17-20-8-11-21(34)12-9-20)27(35)33(28(26)36)15-14-19-6-4-3-5-7-19/h3-13,16,24-26,32,34H,2,14-15,17H2,1H3,(H,31,37)/t24-,25+,26+,30+/m0/s1. The lowest BCUT2D eigenvalue weighted by molar-refractivity contribution is -0.142. The van der Waals surface area contributed by atoms with E-state index >= 15 is 0 Å². The van der Waals surface area contributed by atoms with Crippen LogP contribution in [0.2, 0.25) is 0 Å². The van der Waals surface area contributed by atoms with Crippen LogP contribution in [-0.4, -0.2) is 40.3 Å². The molecule has 0 bridgehead atoms. The second kappa shape index (κ2) is 8.85. The predicted octanol–water partition coefficient (Wildman–Crippen LogP) is 3.16. The molecule has 7 nitrogen and oxygen atoms in total. The van der Waals surface area contributed by atoms with Gasteiger partial charge in [0.2, 0.25) is 17.7 Å². The van der Waals surface area contributed by atoms with Crippen LogP contribution in [0.25, 0.3) is 0 Å². The molecule has 7 heteroatoms. The lowest BCUT2D eigenvalue weighted by Crippen LogP contribution is -2.53. The number of likely N-dealkylation sites (tertiary alicyclic amines) is 1. The highest BCUT2D eigenvalue weighted by Gasteiger charge is 2.70. The molecule has 3 N–H and O–H groups in total. The average Bonchev–Trinajstić information content (AvgIpc) is 3.48. The van der Waals surface area contributed by atoms with E-state index in [0.717, 1.165) is 28.7 Å². The van der Waals surface area contributed by atoms with Gasteiger partial charge in [-0.25, -0.2) is 0 Å². The number of imide groups is 1. The van der Waals surface area contributed by atoms with E-state index < -0.39 is 23.4 Å². The molecule has 37 heavy (non-hydrogen) atoms. The molecule has 3 aliphatic rings. The Bertz CT molecular complexity index is 1390. The molecule has 3 amide bonds. The molecular formula is C30H29N3O4. The molecule has 3 aromatic rings. The zero-order valence-corrected chi connectivity index (χ0v) is 20.6. The van der Waals surface area contributed by atoms with Crippen LogP contribution < -0.4 is 10.6 Å². The monoisotopic (exact) mass is 495 g/mol. The first-order chi connectivity index (χ1) is 17.9. The summed E-state index contributed by atoms with van der Waals surface area (Å²) in [5, 5.41) is 16.2. The lowest BCUT2D eigenvalue weighted by atomic mass is 9.76. The number of aryl methyl sites for hydroxylation is 1. The SMILES string of the molecule is CCc1ccc2c(c1)[C@]1(N[C@@H](Cc3ccc(O)cc3)[C@H]3C(=O)N(CCc4ccccc4)C(=O)[C@@H]31)C(=O)N2. The fourth-order valence-electron chi connectivity index (χ4n) is 6.30. The molecular weight excluding hydrogens is 466 g/mol. The molecule has 0 aromatic heterocycles. The summed E-state index contributed by atoms with van der Waals surface area (Å²) in [6, 6.07) is 22.0. The highest BCUT2D eigenvalue weighted by Crippen LogP contribution is 2.53. The van der Waals surface area contributed by atoms with E-state index in [1.165, 1.54) is 4.90 Å². The highest BCUT2D eigenvalue weighted by molar-refractivity contribution is 6.15. The van der Waals surface area contributed by atoms with Crippen LogP contribution in [-0.2, 0) is 39.2 Å². The van der Waals surface area contributed by atoms with Crippen molar-refractivity contribution in [1.82, 2.24) is 10.2 Å². The number of nitrogens with zero attached hydrogens (tertiary/aromatic N) is 1. The Hall–Kier alpha value is -3.97. The number of hydrogen-bond donors (Lipinski definition) is 3. The smallest absolute Gasteiger partial charge is 0.250 e. The number of nitrogens with one attached hydrogen (secondary N) is 2. The van der Waals surface area contributed by atoms with Crippen molar-refractivity contribution in [1.29, 1.82) is 0 Å². The first-order valence-corrected chi connectivity index (χ1v) is 12.8. The molecule has 0 unspecified atom stereocenters. The zero-order valence-electron chi connectivity index (χ0n) is 20.6. The molecule has 6 rings (SSSR count). The molecule has 1 spiro atoms. The van der Waals surface area contributed by atoms with Crippen molar-refractivity contribution >= 4 is 23.4 Å². The third-order valence-electron chi connectivity index (χ3n) is 8.14. The van der Waals surface area contributed by atoms with Gasteiger partial charge >= 0.3 is 0 Å². The van der Waals surface area contributed by atoms with Crippen molar-refractivity contribution in [3.05, 3.63) is 95.1 Å². The van der Waals surface area contributed by atoms with E-state index in [1.807, 2.05) is 67.6 Å². The number of rotatable bonds is 6. The molecule has 0 radical (unpaired) electrons. The minimum atomic E-state index is -1.30. The molecule has 2 fully saturated rings. The molecule has 0 aliphatic carbocycles. The lowest BCUT2D eigenvalue weighted by Gasteiger charge is -2.30. The highest BCUT2D eigenvalue weighted by atomic mass is 16.3. The number of carbonyl (C=O) groups excluding carboxylic acids is 3. The zero-order chi connectivity index (χ0) is 25.7. The maximum Gasteiger partial charge on any atom is 0.250 e. The molecule has 4 atom stereocenters. The van der Waals surface area contributed by atoms with Crippen molar-refractivity contribution in [2.24, 2.45) is 11.8 Å². The number of benzene rings is 3. The summed E-state index contributed by atoms with van der Waals surface area (Å²) in [7, 11) is 0. The van der Waals surface area contributed by atoms with Gasteiger partial charge in [0, 0.05) is 23.8 Å². The Balaban J connectivity index is 1.41. The minimum absolute atomic E-state index is 0.160. The van der Waals surface area contributed by atoms with Crippen molar-refractivity contribution in [2.75, 3.05) is 11.9 Å². The number of anilines is 1. The number of hydrogen-bond acceptors (Lipinski definition) is 5. The number of amides is 3. The molecule has 0 saturated carbocycles. The first kappa shape index (κ1) is 23.4. The van der Waals surface area contributed by atoms with E-state index in [0.29, 0.717) is 18.5 Å². The van der Waals surface area contributed by atoms with Crippen molar-refractivity contribution in [3.8, 4) is 5.75 Å². The average molecular weight is 496 g/mol. The summed E-state index contributed by atoms with van der Waals surface area (Å²) < 4.78 is 0. The van der Waals surface area contributed by atoms with Gasteiger partial charge in [-0.2, -0.15) is 0 Å². The third kappa shape index (κ3) is 3.64. The molecule has 3 aromatic carbocycles. The van der Waals surface area contributed by atoms with Gasteiger partial charge < -0.3 is 10.4 Å². The van der Waals surface area contributed by atoms with Crippen molar-refractivity contribution in [3.63, 3.8) is 0 Å². The van der Waals surface area contributed by atoms with Gasteiger partial charge in [-0.1, -0.05) is 61.5 Å². The van der Waals surface area contributed by atoms with Crippen molar-refractivity contribution in [2.45, 2.75) is 37.8 Å². The summed E-state index contributed by atoms with van der Waals surface area (Å²) >= 11 is 0. The third-order valence-corrected chi connectivity index (χ3v) is 8.14. The molecule has 188 valence electrons. The topological polar surface area (TPSA) is 98.7 Å². The minimum Gasteiger partial charge on any atom is -0.508 e. The Morgan fingerprint density at radius 3 is 2.35 bits per heavy atom. The van der Waals surface area contributed by atoms with E-state index in [9.17, 15) is 19.5 Å². The summed E-state index contributed by atoms with van der Waals surface area (Å²) in [5.41, 5.74) is 3.14. The fraction of sp³-hybridized carbons (Fsp3) is 0.300. The normalized spacial score (nSPS) is 26.0. The summed E-state index contributed by atoms with van der Waals surface area (Å²) in [6.07, 6.45) is 1.80.